The Morgan fingerprint density at radius 3 is 3.05 bits per heavy atom. The first kappa shape index (κ1) is 12.7. The maximum absolute atomic E-state index is 11.3. The van der Waals surface area contributed by atoms with Crippen molar-refractivity contribution in [2.24, 2.45) is 0 Å². The van der Waals surface area contributed by atoms with E-state index in [0.717, 1.165) is 5.56 Å². The molecule has 2 aliphatic rings. The van der Waals surface area contributed by atoms with Crippen LogP contribution in [0.4, 0.5) is 5.69 Å². The van der Waals surface area contributed by atoms with Crippen LogP contribution in [0.25, 0.3) is 0 Å². The highest BCUT2D eigenvalue weighted by Gasteiger charge is 2.26. The summed E-state index contributed by atoms with van der Waals surface area (Å²) in [5, 5.41) is 2.45. The van der Waals surface area contributed by atoms with Crippen molar-refractivity contribution in [1.29, 1.82) is 0 Å². The van der Waals surface area contributed by atoms with E-state index in [-0.39, 0.29) is 24.0 Å². The quantitative estimate of drug-likeness (QED) is 0.840. The lowest BCUT2D eigenvalue weighted by molar-refractivity contribution is -0.118. The molecule has 2 unspecified atom stereocenters. The SMILES string of the molecule is O=C1COc2ccc(C(Cl)C3COCCO3)cc2N1. The molecule has 2 aliphatic heterocycles. The summed E-state index contributed by atoms with van der Waals surface area (Å²) in [5.74, 6) is 0.501. The van der Waals surface area contributed by atoms with E-state index < -0.39 is 0 Å². The minimum absolute atomic E-state index is 0.0518. The van der Waals surface area contributed by atoms with Gasteiger partial charge in [-0.2, -0.15) is 0 Å². The zero-order valence-corrected chi connectivity index (χ0v) is 11.0. The summed E-state index contributed by atoms with van der Waals surface area (Å²) in [7, 11) is 0. The number of hydrogen-bond donors (Lipinski definition) is 1. The number of carbonyl (C=O) groups excluding carboxylic acids is 1. The van der Waals surface area contributed by atoms with Crippen molar-refractivity contribution in [1.82, 2.24) is 0 Å². The lowest BCUT2D eigenvalue weighted by Gasteiger charge is -2.27. The van der Waals surface area contributed by atoms with Crippen LogP contribution in [0.15, 0.2) is 18.2 Å². The van der Waals surface area contributed by atoms with Gasteiger partial charge in [-0.15, -0.1) is 11.6 Å². The van der Waals surface area contributed by atoms with Crippen molar-refractivity contribution in [2.45, 2.75) is 11.5 Å². The molecule has 1 amide bonds. The number of carbonyl (C=O) groups is 1. The monoisotopic (exact) mass is 283 g/mol. The highest BCUT2D eigenvalue weighted by molar-refractivity contribution is 6.21. The summed E-state index contributed by atoms with van der Waals surface area (Å²) in [6.45, 7) is 1.69. The molecule has 0 aromatic heterocycles. The number of nitrogens with one attached hydrogen (secondary N) is 1. The number of hydrogen-bond acceptors (Lipinski definition) is 4. The van der Waals surface area contributed by atoms with Crippen LogP contribution in [-0.4, -0.2) is 38.4 Å². The van der Waals surface area contributed by atoms with E-state index >= 15 is 0 Å². The van der Waals surface area contributed by atoms with Gasteiger partial charge in [0.25, 0.3) is 5.91 Å². The second-order valence-corrected chi connectivity index (χ2v) is 4.95. The number of rotatable bonds is 2. The molecule has 6 heteroatoms. The van der Waals surface area contributed by atoms with Crippen LogP contribution in [0.2, 0.25) is 0 Å². The van der Waals surface area contributed by atoms with Gasteiger partial charge in [0.2, 0.25) is 0 Å². The molecule has 0 saturated carbocycles. The van der Waals surface area contributed by atoms with Crippen molar-refractivity contribution >= 4 is 23.2 Å². The number of halogens is 1. The zero-order valence-electron chi connectivity index (χ0n) is 10.2. The fourth-order valence-electron chi connectivity index (χ4n) is 2.16. The van der Waals surface area contributed by atoms with Crippen LogP contribution < -0.4 is 10.1 Å². The highest BCUT2D eigenvalue weighted by Crippen LogP contribution is 2.35. The van der Waals surface area contributed by atoms with Crippen LogP contribution in [-0.2, 0) is 14.3 Å². The Kier molecular flexibility index (Phi) is 3.59. The van der Waals surface area contributed by atoms with Gasteiger partial charge in [-0.05, 0) is 17.7 Å². The van der Waals surface area contributed by atoms with Crippen molar-refractivity contribution in [3.63, 3.8) is 0 Å². The van der Waals surface area contributed by atoms with Crippen LogP contribution in [0.1, 0.15) is 10.9 Å². The molecule has 0 spiro atoms. The number of anilines is 1. The summed E-state index contributed by atoms with van der Waals surface area (Å²) >= 11 is 6.41. The standard InChI is InChI=1S/C13H14ClNO4/c14-13(11-6-17-3-4-18-11)8-1-2-10-9(5-8)15-12(16)7-19-10/h1-2,5,11,13H,3-4,6-7H2,(H,15,16). The molecule has 19 heavy (non-hydrogen) atoms. The van der Waals surface area contributed by atoms with Gasteiger partial charge in [-0.25, -0.2) is 0 Å². The predicted octanol–water partition coefficient (Wildman–Crippen LogP) is 1.71. The highest BCUT2D eigenvalue weighted by atomic mass is 35.5. The first-order valence-corrected chi connectivity index (χ1v) is 6.58. The Morgan fingerprint density at radius 1 is 1.37 bits per heavy atom. The molecular formula is C13H14ClNO4. The molecule has 0 bridgehead atoms. The zero-order chi connectivity index (χ0) is 13.2. The van der Waals surface area contributed by atoms with Crippen LogP contribution in [0, 0.1) is 0 Å². The van der Waals surface area contributed by atoms with Crippen molar-refractivity contribution in [3.05, 3.63) is 23.8 Å². The molecule has 2 heterocycles. The van der Waals surface area contributed by atoms with E-state index in [4.69, 9.17) is 25.8 Å². The Hall–Kier alpha value is -1.30. The predicted molar refractivity (Wildman–Crippen MR) is 69.7 cm³/mol. The summed E-state index contributed by atoms with van der Waals surface area (Å²) in [6, 6.07) is 5.51. The number of alkyl halides is 1. The number of fused-ring (bicyclic) bond motifs is 1. The summed E-state index contributed by atoms with van der Waals surface area (Å²) in [6.07, 6.45) is -0.173. The van der Waals surface area contributed by atoms with Gasteiger partial charge in [0, 0.05) is 0 Å². The van der Waals surface area contributed by atoms with Gasteiger partial charge in [-0.3, -0.25) is 4.79 Å². The van der Waals surface area contributed by atoms with Gasteiger partial charge in [-0.1, -0.05) is 6.07 Å². The number of benzene rings is 1. The third-order valence-electron chi connectivity index (χ3n) is 3.12. The maximum atomic E-state index is 11.3. The Balaban J connectivity index is 1.80. The summed E-state index contributed by atoms with van der Waals surface area (Å²) in [4.78, 5) is 11.3. The number of ether oxygens (including phenoxy) is 3. The lowest BCUT2D eigenvalue weighted by atomic mass is 10.1. The third kappa shape index (κ3) is 2.68. The van der Waals surface area contributed by atoms with Gasteiger partial charge < -0.3 is 19.5 Å². The fourth-order valence-corrected chi connectivity index (χ4v) is 2.44. The van der Waals surface area contributed by atoms with Crippen LogP contribution in [0.3, 0.4) is 0 Å². The van der Waals surface area contributed by atoms with E-state index in [1.54, 1.807) is 0 Å². The molecule has 1 aromatic rings. The second-order valence-electron chi connectivity index (χ2n) is 4.48. The molecule has 1 saturated heterocycles. The van der Waals surface area contributed by atoms with Gasteiger partial charge >= 0.3 is 0 Å². The average Bonchev–Trinajstić information content (AvgIpc) is 2.46. The minimum atomic E-state index is -0.315. The largest absolute Gasteiger partial charge is 0.482 e. The first-order valence-electron chi connectivity index (χ1n) is 6.14. The molecular weight excluding hydrogens is 270 g/mol. The van der Waals surface area contributed by atoms with Crippen LogP contribution in [0.5, 0.6) is 5.75 Å². The normalized spacial score (nSPS) is 24.1. The lowest BCUT2D eigenvalue weighted by Crippen LogP contribution is -2.32. The maximum Gasteiger partial charge on any atom is 0.262 e. The third-order valence-corrected chi connectivity index (χ3v) is 3.66. The topological polar surface area (TPSA) is 56.8 Å². The Bertz CT molecular complexity index is 488. The van der Waals surface area contributed by atoms with Crippen molar-refractivity contribution in [3.8, 4) is 5.75 Å². The molecule has 3 rings (SSSR count). The van der Waals surface area contributed by atoms with Crippen molar-refractivity contribution in [2.75, 3.05) is 31.7 Å². The van der Waals surface area contributed by atoms with E-state index in [1.165, 1.54) is 0 Å². The fraction of sp³-hybridized carbons (Fsp3) is 0.462. The summed E-state index contributed by atoms with van der Waals surface area (Å²) < 4.78 is 16.2. The van der Waals surface area contributed by atoms with E-state index in [9.17, 15) is 4.79 Å². The van der Waals surface area contributed by atoms with Crippen molar-refractivity contribution < 1.29 is 19.0 Å². The van der Waals surface area contributed by atoms with Crippen LogP contribution >= 0.6 is 11.6 Å². The Morgan fingerprint density at radius 2 is 2.26 bits per heavy atom. The minimum Gasteiger partial charge on any atom is -0.482 e. The van der Waals surface area contributed by atoms with Gasteiger partial charge in [0.15, 0.2) is 6.61 Å². The number of amides is 1. The molecule has 1 fully saturated rings. The molecule has 1 N–H and O–H groups in total. The average molecular weight is 284 g/mol. The van der Waals surface area contributed by atoms with E-state index in [2.05, 4.69) is 5.32 Å². The second kappa shape index (κ2) is 5.36. The molecule has 1 aromatic carbocycles. The van der Waals surface area contributed by atoms with E-state index in [1.807, 2.05) is 18.2 Å². The smallest absolute Gasteiger partial charge is 0.262 e. The first-order chi connectivity index (χ1) is 9.24. The molecule has 5 nitrogen and oxygen atoms in total. The van der Waals surface area contributed by atoms with Gasteiger partial charge in [0.1, 0.15) is 11.9 Å². The molecule has 102 valence electrons. The Labute approximate surface area is 115 Å². The molecule has 0 radical (unpaired) electrons. The summed E-state index contributed by atoms with van der Waals surface area (Å²) in [5.41, 5.74) is 1.53. The molecule has 0 aliphatic carbocycles. The van der Waals surface area contributed by atoms with E-state index in [0.29, 0.717) is 31.3 Å². The van der Waals surface area contributed by atoms with Gasteiger partial charge in [0.05, 0.1) is 30.9 Å². The molecule has 2 atom stereocenters.